The molecule has 0 saturated heterocycles. The van der Waals surface area contributed by atoms with Crippen LogP contribution in [0.5, 0.6) is 0 Å². The van der Waals surface area contributed by atoms with Gasteiger partial charge >= 0.3 is 10.2 Å². The van der Waals surface area contributed by atoms with Crippen LogP contribution in [-0.2, 0) is 10.2 Å². The van der Waals surface area contributed by atoms with Crippen molar-refractivity contribution < 1.29 is 35.5 Å². The quantitative estimate of drug-likeness (QED) is 0.469. The molecule has 5 nitrogen and oxygen atoms in total. The maximum atomic E-state index is 13.3. The normalized spacial score (nSPS) is 12.0. The summed E-state index contributed by atoms with van der Waals surface area (Å²) in [6.07, 6.45) is 0.0223. The zero-order chi connectivity index (χ0) is 16.4. The molecular weight excluding hydrogens is 323 g/mol. The molecule has 0 spiro atoms. The summed E-state index contributed by atoms with van der Waals surface area (Å²) >= 11 is 0. The van der Waals surface area contributed by atoms with Gasteiger partial charge in [-0.1, -0.05) is 0 Å². The van der Waals surface area contributed by atoms with Gasteiger partial charge in [-0.2, -0.15) is 12.7 Å². The summed E-state index contributed by atoms with van der Waals surface area (Å²) in [6.45, 7) is -0.566. The van der Waals surface area contributed by atoms with Gasteiger partial charge in [0.25, 0.3) is 0 Å². The van der Waals surface area contributed by atoms with Crippen LogP contribution in [0.2, 0.25) is 0 Å². The lowest BCUT2D eigenvalue weighted by Crippen LogP contribution is -2.34. The molecule has 0 fully saturated rings. The second-order valence-electron chi connectivity index (χ2n) is 3.95. The lowest BCUT2D eigenvalue weighted by molar-refractivity contribution is 0.276. The minimum Gasteiger partial charge on any atom is -0.396 e. The fourth-order valence-electron chi connectivity index (χ4n) is 1.31. The van der Waals surface area contributed by atoms with Crippen LogP contribution in [0.3, 0.4) is 0 Å². The first-order valence-electron chi connectivity index (χ1n) is 5.49. The van der Waals surface area contributed by atoms with Crippen LogP contribution in [0.25, 0.3) is 0 Å². The third-order valence-electron chi connectivity index (χ3n) is 2.48. The minimum atomic E-state index is -4.54. The van der Waals surface area contributed by atoms with Crippen LogP contribution in [-0.4, -0.2) is 38.0 Å². The molecule has 0 atom stereocenters. The molecule has 0 aliphatic rings. The summed E-state index contributed by atoms with van der Waals surface area (Å²) < 4.78 is 90.6. The molecule has 0 bridgehead atoms. The summed E-state index contributed by atoms with van der Waals surface area (Å²) in [5.74, 6) is -11.5. The number of benzene rings is 1. The van der Waals surface area contributed by atoms with Crippen molar-refractivity contribution in [3.8, 4) is 0 Å². The maximum absolute atomic E-state index is 13.3. The molecule has 0 unspecified atom stereocenters. The largest absolute Gasteiger partial charge is 0.396 e. The summed E-state index contributed by atoms with van der Waals surface area (Å²) in [4.78, 5) is 0. The first kappa shape index (κ1) is 17.6. The Labute approximate surface area is 117 Å². The van der Waals surface area contributed by atoms with Crippen molar-refractivity contribution in [1.82, 2.24) is 4.31 Å². The molecule has 1 aromatic rings. The smallest absolute Gasteiger partial charge is 0.301 e. The first-order chi connectivity index (χ1) is 9.63. The lowest BCUT2D eigenvalue weighted by Gasteiger charge is -2.18. The van der Waals surface area contributed by atoms with Crippen LogP contribution in [0, 0.1) is 29.1 Å². The van der Waals surface area contributed by atoms with Gasteiger partial charge in [-0.25, -0.2) is 22.0 Å². The molecule has 1 aromatic carbocycles. The topological polar surface area (TPSA) is 69.6 Å². The van der Waals surface area contributed by atoms with Crippen molar-refractivity contribution in [1.29, 1.82) is 0 Å². The van der Waals surface area contributed by atoms with E-state index in [-0.39, 0.29) is 19.6 Å². The van der Waals surface area contributed by atoms with Crippen molar-refractivity contribution in [2.75, 3.05) is 24.9 Å². The van der Waals surface area contributed by atoms with E-state index in [9.17, 15) is 30.4 Å². The molecule has 2 N–H and O–H groups in total. The Morgan fingerprint density at radius 2 is 1.43 bits per heavy atom. The Morgan fingerprint density at radius 3 is 1.86 bits per heavy atom. The van der Waals surface area contributed by atoms with Crippen molar-refractivity contribution in [3.05, 3.63) is 29.1 Å². The van der Waals surface area contributed by atoms with Crippen molar-refractivity contribution in [3.63, 3.8) is 0 Å². The van der Waals surface area contributed by atoms with Crippen molar-refractivity contribution >= 4 is 15.9 Å². The molecule has 21 heavy (non-hydrogen) atoms. The van der Waals surface area contributed by atoms with Gasteiger partial charge in [0.1, 0.15) is 5.69 Å². The minimum absolute atomic E-state index is 0.0223. The molecule has 0 aromatic heterocycles. The highest BCUT2D eigenvalue weighted by Crippen LogP contribution is 2.28. The van der Waals surface area contributed by atoms with Crippen LogP contribution >= 0.6 is 0 Å². The number of halogens is 5. The highest BCUT2D eigenvalue weighted by Gasteiger charge is 2.29. The Bertz CT molecular complexity index is 609. The predicted molar refractivity (Wildman–Crippen MR) is 63.1 cm³/mol. The SMILES string of the molecule is CN(CCCO)S(=O)(=O)Nc1c(F)c(F)c(F)c(F)c1F. The Kier molecular flexibility index (Phi) is 5.48. The Hall–Kier alpha value is -1.46. The van der Waals surface area contributed by atoms with Crippen molar-refractivity contribution in [2.24, 2.45) is 0 Å². The average Bonchev–Trinajstić information content (AvgIpc) is 2.45. The van der Waals surface area contributed by atoms with E-state index >= 15 is 0 Å². The molecule has 0 amide bonds. The standard InChI is InChI=1S/C10H11F5N2O3S/c1-17(3-2-4-18)21(19,20)16-10-8(14)6(12)5(11)7(13)9(10)15/h16,18H,2-4H2,1H3. The Morgan fingerprint density at radius 1 is 1.00 bits per heavy atom. The van der Waals surface area contributed by atoms with E-state index in [2.05, 4.69) is 0 Å². The zero-order valence-electron chi connectivity index (χ0n) is 10.6. The lowest BCUT2D eigenvalue weighted by atomic mass is 10.2. The predicted octanol–water partition coefficient (Wildman–Crippen LogP) is 1.35. The average molecular weight is 334 g/mol. The number of hydrogen-bond donors (Lipinski definition) is 2. The molecule has 11 heteroatoms. The van der Waals surface area contributed by atoms with E-state index in [0.29, 0.717) is 4.31 Å². The van der Waals surface area contributed by atoms with E-state index < -0.39 is 45.0 Å². The molecule has 0 saturated carbocycles. The second kappa shape index (κ2) is 6.54. The molecule has 1 rings (SSSR count). The summed E-state index contributed by atoms with van der Waals surface area (Å²) in [5, 5.41) is 8.56. The van der Waals surface area contributed by atoms with E-state index in [0.717, 1.165) is 7.05 Å². The third kappa shape index (κ3) is 3.60. The first-order valence-corrected chi connectivity index (χ1v) is 6.93. The number of aliphatic hydroxyl groups is 1. The van der Waals surface area contributed by atoms with Gasteiger partial charge in [-0.15, -0.1) is 0 Å². The number of nitrogens with one attached hydrogen (secondary N) is 1. The fourth-order valence-corrected chi connectivity index (χ4v) is 2.28. The molecule has 0 aliphatic carbocycles. The molecule has 0 aliphatic heterocycles. The summed E-state index contributed by atoms with van der Waals surface area (Å²) in [6, 6.07) is 0. The second-order valence-corrected chi connectivity index (χ2v) is 5.73. The summed E-state index contributed by atoms with van der Waals surface area (Å²) in [5.41, 5.74) is -1.66. The van der Waals surface area contributed by atoms with Gasteiger partial charge < -0.3 is 5.11 Å². The molecule has 120 valence electrons. The van der Waals surface area contributed by atoms with Gasteiger partial charge in [-0.3, -0.25) is 4.72 Å². The monoisotopic (exact) mass is 334 g/mol. The fraction of sp³-hybridized carbons (Fsp3) is 0.400. The number of hydrogen-bond acceptors (Lipinski definition) is 3. The van der Waals surface area contributed by atoms with Crippen LogP contribution in [0.1, 0.15) is 6.42 Å². The van der Waals surface area contributed by atoms with Crippen LogP contribution in [0.4, 0.5) is 27.6 Å². The maximum Gasteiger partial charge on any atom is 0.301 e. The van der Waals surface area contributed by atoms with Gasteiger partial charge in [0.15, 0.2) is 23.3 Å². The number of anilines is 1. The number of nitrogens with zero attached hydrogens (tertiary/aromatic N) is 1. The van der Waals surface area contributed by atoms with E-state index in [1.165, 1.54) is 4.72 Å². The molecular formula is C10H11F5N2O3S. The highest BCUT2D eigenvalue weighted by atomic mass is 32.2. The van der Waals surface area contributed by atoms with Gasteiger partial charge in [0, 0.05) is 20.2 Å². The van der Waals surface area contributed by atoms with E-state index in [4.69, 9.17) is 5.11 Å². The van der Waals surface area contributed by atoms with Crippen LogP contribution < -0.4 is 4.72 Å². The Balaban J connectivity index is 3.20. The zero-order valence-corrected chi connectivity index (χ0v) is 11.4. The molecule has 0 heterocycles. The third-order valence-corrected chi connectivity index (χ3v) is 3.95. The van der Waals surface area contributed by atoms with Gasteiger partial charge in [-0.05, 0) is 6.42 Å². The highest BCUT2D eigenvalue weighted by molar-refractivity contribution is 7.90. The summed E-state index contributed by atoms with van der Waals surface area (Å²) in [7, 11) is -3.54. The van der Waals surface area contributed by atoms with E-state index in [1.54, 1.807) is 0 Å². The van der Waals surface area contributed by atoms with Gasteiger partial charge in [0.05, 0.1) is 0 Å². The van der Waals surface area contributed by atoms with Crippen LogP contribution in [0.15, 0.2) is 0 Å². The number of aliphatic hydroxyl groups excluding tert-OH is 1. The van der Waals surface area contributed by atoms with Gasteiger partial charge in [0.2, 0.25) is 5.82 Å². The number of rotatable bonds is 6. The van der Waals surface area contributed by atoms with Crippen molar-refractivity contribution in [2.45, 2.75) is 6.42 Å². The molecule has 0 radical (unpaired) electrons. The van der Waals surface area contributed by atoms with E-state index in [1.807, 2.05) is 0 Å².